The molecule has 5 rings (SSSR count). The average molecular weight is 609 g/mol. The normalized spacial score (nSPS) is 16.3. The topological polar surface area (TPSA) is 114 Å². The second-order valence-electron chi connectivity index (χ2n) is 11.0. The molecule has 0 aliphatic carbocycles. The highest BCUT2D eigenvalue weighted by Crippen LogP contribution is 2.28. The summed E-state index contributed by atoms with van der Waals surface area (Å²) in [6, 6.07) is 15.3. The van der Waals surface area contributed by atoms with E-state index in [0.29, 0.717) is 36.8 Å². The van der Waals surface area contributed by atoms with Crippen LogP contribution < -0.4 is 14.9 Å². The minimum Gasteiger partial charge on any atom is -0.368 e. The first-order valence-electron chi connectivity index (χ1n) is 14.1. The Morgan fingerprint density at radius 2 is 1.49 bits per heavy atom. The molecule has 0 saturated carbocycles. The number of amides is 1. The molecule has 226 valence electrons. The van der Waals surface area contributed by atoms with Gasteiger partial charge in [-0.05, 0) is 54.8 Å². The second kappa shape index (κ2) is 12.3. The van der Waals surface area contributed by atoms with Crippen LogP contribution in [0.1, 0.15) is 32.6 Å². The number of hydrogen-bond acceptors (Lipinski definition) is 7. The van der Waals surface area contributed by atoms with Crippen LogP contribution in [0.3, 0.4) is 0 Å². The number of benzene rings is 3. The van der Waals surface area contributed by atoms with E-state index in [1.807, 2.05) is 50.2 Å². The lowest BCUT2D eigenvalue weighted by Crippen LogP contribution is -2.49. The number of primary sulfonamides is 1. The Labute approximate surface area is 250 Å². The van der Waals surface area contributed by atoms with E-state index >= 15 is 0 Å². The predicted octanol–water partition coefficient (Wildman–Crippen LogP) is 3.39. The number of halogens is 2. The quantitative estimate of drug-likeness (QED) is 0.457. The second-order valence-corrected chi connectivity index (χ2v) is 12.6. The van der Waals surface area contributed by atoms with Crippen molar-refractivity contribution < 1.29 is 22.0 Å². The first-order chi connectivity index (χ1) is 20.5. The van der Waals surface area contributed by atoms with Crippen molar-refractivity contribution in [2.45, 2.75) is 25.3 Å². The van der Waals surface area contributed by atoms with Gasteiger partial charge in [0.25, 0.3) is 5.91 Å². The zero-order chi connectivity index (χ0) is 30.9. The molecule has 2 fully saturated rings. The number of para-hydroxylation sites is 1. The zero-order valence-corrected chi connectivity index (χ0v) is 25.0. The van der Waals surface area contributed by atoms with Gasteiger partial charge in [-0.1, -0.05) is 18.2 Å². The molecule has 0 atom stereocenters. The van der Waals surface area contributed by atoms with Crippen LogP contribution in [0.5, 0.6) is 0 Å². The standard InChI is InChI=1S/C31H34F2N6O3S/c1-21-15-22(2)25(16-24(21)20-36-7-9-37(10-8-36)28-6-4-3-5-23(28)19-34)31(40)39-13-11-38(12-14-39)29-17-27(33)30(18-26(29)32)43(35,41)42/h3-6,15-18H,7-14,20H2,1-2H3,(H2,35,41,42). The summed E-state index contributed by atoms with van der Waals surface area (Å²) < 4.78 is 52.1. The van der Waals surface area contributed by atoms with E-state index in [-0.39, 0.29) is 24.7 Å². The minimum atomic E-state index is -4.39. The first kappa shape index (κ1) is 30.4. The van der Waals surface area contributed by atoms with Gasteiger partial charge in [0, 0.05) is 70.5 Å². The number of anilines is 2. The van der Waals surface area contributed by atoms with Crippen molar-refractivity contribution in [3.63, 3.8) is 0 Å². The number of rotatable bonds is 6. The van der Waals surface area contributed by atoms with Crippen molar-refractivity contribution in [2.24, 2.45) is 5.14 Å². The largest absolute Gasteiger partial charge is 0.368 e. The van der Waals surface area contributed by atoms with Gasteiger partial charge in [-0.15, -0.1) is 0 Å². The molecular weight excluding hydrogens is 574 g/mol. The smallest absolute Gasteiger partial charge is 0.254 e. The Morgan fingerprint density at radius 1 is 0.860 bits per heavy atom. The van der Waals surface area contributed by atoms with Crippen molar-refractivity contribution in [3.05, 3.63) is 88.0 Å². The van der Waals surface area contributed by atoms with Crippen LogP contribution in [0.25, 0.3) is 0 Å². The number of carbonyl (C=O) groups excluding carboxylic acids is 1. The minimum absolute atomic E-state index is 0.0676. The summed E-state index contributed by atoms with van der Waals surface area (Å²) in [6.45, 7) is 9.03. The Kier molecular flexibility index (Phi) is 8.69. The molecular formula is C31H34F2N6O3S. The van der Waals surface area contributed by atoms with Crippen LogP contribution in [0, 0.1) is 36.8 Å². The van der Waals surface area contributed by atoms with Crippen LogP contribution >= 0.6 is 0 Å². The monoisotopic (exact) mass is 608 g/mol. The molecule has 43 heavy (non-hydrogen) atoms. The number of hydrogen-bond donors (Lipinski definition) is 1. The number of sulfonamides is 1. The van der Waals surface area contributed by atoms with E-state index in [1.165, 1.54) is 0 Å². The first-order valence-corrected chi connectivity index (χ1v) is 15.6. The molecule has 0 bridgehead atoms. The van der Waals surface area contributed by atoms with Gasteiger partial charge in [0.05, 0.1) is 16.9 Å². The lowest BCUT2D eigenvalue weighted by molar-refractivity contribution is 0.0745. The summed E-state index contributed by atoms with van der Waals surface area (Å²) in [5.74, 6) is -2.12. The van der Waals surface area contributed by atoms with Gasteiger partial charge in [0.15, 0.2) is 0 Å². The summed E-state index contributed by atoms with van der Waals surface area (Å²) >= 11 is 0. The van der Waals surface area contributed by atoms with Crippen LogP contribution in [0.15, 0.2) is 53.4 Å². The average Bonchev–Trinajstić information content (AvgIpc) is 2.99. The highest BCUT2D eigenvalue weighted by molar-refractivity contribution is 7.89. The van der Waals surface area contributed by atoms with Gasteiger partial charge in [-0.3, -0.25) is 9.69 Å². The van der Waals surface area contributed by atoms with Crippen molar-refractivity contribution in [2.75, 3.05) is 62.2 Å². The van der Waals surface area contributed by atoms with Gasteiger partial charge in [-0.25, -0.2) is 22.3 Å². The Bertz CT molecular complexity index is 1690. The number of nitrogens with two attached hydrogens (primary N) is 1. The molecule has 2 N–H and O–H groups in total. The fourth-order valence-corrected chi connectivity index (χ4v) is 6.43. The summed E-state index contributed by atoms with van der Waals surface area (Å²) in [7, 11) is -4.39. The van der Waals surface area contributed by atoms with E-state index in [2.05, 4.69) is 15.9 Å². The van der Waals surface area contributed by atoms with Crippen molar-refractivity contribution in [3.8, 4) is 6.07 Å². The molecule has 1 amide bonds. The fraction of sp³-hybridized carbons (Fsp3) is 0.355. The van der Waals surface area contributed by atoms with E-state index in [1.54, 1.807) is 9.80 Å². The summed E-state index contributed by atoms with van der Waals surface area (Å²) in [5.41, 5.74) is 5.23. The van der Waals surface area contributed by atoms with Gasteiger partial charge >= 0.3 is 0 Å². The number of nitriles is 1. The maximum atomic E-state index is 14.7. The molecule has 0 aromatic heterocycles. The van der Waals surface area contributed by atoms with Gasteiger partial charge in [0.1, 0.15) is 22.6 Å². The molecule has 2 heterocycles. The maximum absolute atomic E-state index is 14.7. The lowest BCUT2D eigenvalue weighted by Gasteiger charge is -2.37. The van der Waals surface area contributed by atoms with Crippen LogP contribution in [0.2, 0.25) is 0 Å². The molecule has 12 heteroatoms. The molecule has 3 aromatic rings. The van der Waals surface area contributed by atoms with Crippen LogP contribution in [-0.4, -0.2) is 76.5 Å². The van der Waals surface area contributed by atoms with E-state index in [4.69, 9.17) is 5.14 Å². The molecule has 0 radical (unpaired) electrons. The molecule has 9 nitrogen and oxygen atoms in total. The third kappa shape index (κ3) is 6.49. The summed E-state index contributed by atoms with van der Waals surface area (Å²) in [4.78, 5) is 20.6. The van der Waals surface area contributed by atoms with Crippen LogP contribution in [-0.2, 0) is 16.6 Å². The van der Waals surface area contributed by atoms with E-state index in [0.717, 1.165) is 54.6 Å². The Morgan fingerprint density at radius 3 is 2.14 bits per heavy atom. The molecule has 2 aliphatic heterocycles. The SMILES string of the molecule is Cc1cc(C)c(C(=O)N2CCN(c3cc(F)c(S(N)(=O)=O)cc3F)CC2)cc1CN1CCN(c2ccccc2C#N)CC1. The van der Waals surface area contributed by atoms with E-state index in [9.17, 15) is 27.3 Å². The van der Waals surface area contributed by atoms with Crippen molar-refractivity contribution in [1.82, 2.24) is 9.80 Å². The van der Waals surface area contributed by atoms with Crippen LogP contribution in [0.4, 0.5) is 20.2 Å². The van der Waals surface area contributed by atoms with Crippen molar-refractivity contribution in [1.29, 1.82) is 5.26 Å². The number of nitrogens with zero attached hydrogens (tertiary/aromatic N) is 5. The molecule has 2 saturated heterocycles. The molecule has 0 unspecified atom stereocenters. The highest BCUT2D eigenvalue weighted by atomic mass is 32.2. The zero-order valence-electron chi connectivity index (χ0n) is 24.2. The van der Waals surface area contributed by atoms with Gasteiger partial charge in [-0.2, -0.15) is 5.26 Å². The summed E-state index contributed by atoms with van der Waals surface area (Å²) in [6.07, 6.45) is 0. The molecule has 2 aliphatic rings. The third-order valence-electron chi connectivity index (χ3n) is 8.26. The Hall–Kier alpha value is -4.05. The van der Waals surface area contributed by atoms with Crippen molar-refractivity contribution >= 4 is 27.3 Å². The number of aryl methyl sites for hydroxylation is 2. The number of carbonyl (C=O) groups is 1. The third-order valence-corrected chi connectivity index (χ3v) is 9.19. The molecule has 3 aromatic carbocycles. The van der Waals surface area contributed by atoms with Gasteiger partial charge < -0.3 is 14.7 Å². The fourth-order valence-electron chi connectivity index (χ4n) is 5.83. The number of piperazine rings is 2. The predicted molar refractivity (Wildman–Crippen MR) is 160 cm³/mol. The highest BCUT2D eigenvalue weighted by Gasteiger charge is 2.28. The lowest BCUT2D eigenvalue weighted by atomic mass is 9.98. The molecule has 0 spiro atoms. The van der Waals surface area contributed by atoms with E-state index < -0.39 is 26.6 Å². The maximum Gasteiger partial charge on any atom is 0.254 e. The van der Waals surface area contributed by atoms with Gasteiger partial charge in [0.2, 0.25) is 10.0 Å². The Balaban J connectivity index is 1.23. The summed E-state index contributed by atoms with van der Waals surface area (Å²) in [5, 5.41) is 14.4.